The van der Waals surface area contributed by atoms with E-state index in [1.165, 1.54) is 12.0 Å². The van der Waals surface area contributed by atoms with E-state index in [2.05, 4.69) is 11.4 Å². The van der Waals surface area contributed by atoms with Crippen LogP contribution in [0.25, 0.3) is 0 Å². The molecule has 3 atom stereocenters. The zero-order valence-corrected chi connectivity index (χ0v) is 25.4. The number of nitrogens with one attached hydrogen (secondary N) is 1. The molecule has 1 saturated heterocycles. The van der Waals surface area contributed by atoms with E-state index in [-0.39, 0.29) is 17.8 Å². The predicted octanol–water partition coefficient (Wildman–Crippen LogP) is 5.38. The molecular formula is C34H44ClN3O4. The van der Waals surface area contributed by atoms with Gasteiger partial charge in [-0.25, -0.2) is 0 Å². The maximum Gasteiger partial charge on any atom is 0.312 e. The van der Waals surface area contributed by atoms with Gasteiger partial charge in [0, 0.05) is 30.6 Å². The van der Waals surface area contributed by atoms with Gasteiger partial charge in [0.15, 0.2) is 0 Å². The van der Waals surface area contributed by atoms with Crippen molar-refractivity contribution < 1.29 is 19.1 Å². The summed E-state index contributed by atoms with van der Waals surface area (Å²) in [6, 6.07) is 14.2. The maximum absolute atomic E-state index is 14.1. The Morgan fingerprint density at radius 2 is 1.71 bits per heavy atom. The van der Waals surface area contributed by atoms with Crippen molar-refractivity contribution in [2.24, 2.45) is 23.0 Å². The highest BCUT2D eigenvalue weighted by molar-refractivity contribution is 6.30. The van der Waals surface area contributed by atoms with Gasteiger partial charge in [0.1, 0.15) is 6.04 Å². The molecule has 2 amide bonds. The van der Waals surface area contributed by atoms with Crippen LogP contribution in [-0.4, -0.2) is 48.4 Å². The van der Waals surface area contributed by atoms with Crippen LogP contribution in [0.5, 0.6) is 0 Å². The molecule has 1 unspecified atom stereocenters. The number of nitrogens with two attached hydrogens (primary N) is 1. The van der Waals surface area contributed by atoms with Gasteiger partial charge < -0.3 is 20.7 Å². The van der Waals surface area contributed by atoms with Gasteiger partial charge in [-0.05, 0) is 80.2 Å². The van der Waals surface area contributed by atoms with E-state index < -0.39 is 23.4 Å². The fraction of sp³-hybridized carbons (Fsp3) is 0.559. The lowest BCUT2D eigenvalue weighted by Gasteiger charge is -2.46. The molecule has 2 fully saturated rings. The Kier molecular flexibility index (Phi) is 9.89. The summed E-state index contributed by atoms with van der Waals surface area (Å²) in [4.78, 5) is 42.9. The SMILES string of the molecule is CCOC(=O)C1(C2CCCCC2)CCN(C(=O)[C@@H](Cc2ccc(Cl)cc2)NC(=O)C2CCc3ccccc3[C@@H]2N)CC1. The number of amides is 2. The van der Waals surface area contributed by atoms with Crippen molar-refractivity contribution in [3.63, 3.8) is 0 Å². The number of hydrogen-bond acceptors (Lipinski definition) is 5. The molecule has 0 aromatic heterocycles. The first-order valence-electron chi connectivity index (χ1n) is 15.7. The summed E-state index contributed by atoms with van der Waals surface area (Å²) < 4.78 is 5.60. The van der Waals surface area contributed by atoms with Crippen LogP contribution in [0.2, 0.25) is 5.02 Å². The van der Waals surface area contributed by atoms with Gasteiger partial charge >= 0.3 is 5.97 Å². The predicted molar refractivity (Wildman–Crippen MR) is 164 cm³/mol. The lowest BCUT2D eigenvalue weighted by molar-refractivity contribution is -0.166. The molecule has 42 heavy (non-hydrogen) atoms. The molecular weight excluding hydrogens is 550 g/mol. The summed E-state index contributed by atoms with van der Waals surface area (Å²) in [6.07, 6.45) is 8.50. The molecule has 1 aliphatic heterocycles. The standard InChI is InChI=1S/C34H44ClN3O4/c1-2-42-33(41)34(25-9-4-3-5-10-25)18-20-38(21-19-34)32(40)29(22-23-12-15-26(35)16-13-23)37-31(39)28-17-14-24-8-6-7-11-27(24)30(28)36/h6-8,11-13,15-16,25,28-30H,2-5,9-10,14,17-22,36H2,1H3,(H,37,39)/t28?,29-,30+/m1/s1. The maximum atomic E-state index is 14.1. The van der Waals surface area contributed by atoms with Crippen molar-refractivity contribution in [1.82, 2.24) is 10.2 Å². The lowest BCUT2D eigenvalue weighted by atomic mass is 9.63. The average Bonchev–Trinajstić information content (AvgIpc) is 3.02. The number of carbonyl (C=O) groups excluding carboxylic acids is 3. The van der Waals surface area contributed by atoms with Gasteiger partial charge in [0.05, 0.1) is 17.9 Å². The summed E-state index contributed by atoms with van der Waals surface area (Å²) in [7, 11) is 0. The molecule has 1 heterocycles. The largest absolute Gasteiger partial charge is 0.466 e. The minimum absolute atomic E-state index is 0.110. The molecule has 2 aliphatic carbocycles. The van der Waals surface area contributed by atoms with E-state index in [0.717, 1.165) is 43.2 Å². The zero-order valence-electron chi connectivity index (χ0n) is 24.7. The molecule has 3 aliphatic rings. The normalized spacial score (nSPS) is 23.0. The molecule has 0 bridgehead atoms. The highest BCUT2D eigenvalue weighted by atomic mass is 35.5. The van der Waals surface area contributed by atoms with Crippen LogP contribution in [-0.2, 0) is 32.0 Å². The van der Waals surface area contributed by atoms with E-state index in [1.54, 1.807) is 12.1 Å². The van der Waals surface area contributed by atoms with Crippen molar-refractivity contribution >= 4 is 29.4 Å². The Morgan fingerprint density at radius 3 is 2.40 bits per heavy atom. The Labute approximate surface area is 254 Å². The van der Waals surface area contributed by atoms with E-state index in [1.807, 2.05) is 42.2 Å². The second-order valence-electron chi connectivity index (χ2n) is 12.3. The quantitative estimate of drug-likeness (QED) is 0.400. The van der Waals surface area contributed by atoms with E-state index >= 15 is 0 Å². The number of fused-ring (bicyclic) bond motifs is 1. The third-order valence-corrected chi connectivity index (χ3v) is 10.2. The van der Waals surface area contributed by atoms with E-state index in [4.69, 9.17) is 22.1 Å². The average molecular weight is 594 g/mol. The number of benzene rings is 2. The number of esters is 1. The number of aryl methyl sites for hydroxylation is 1. The molecule has 8 heteroatoms. The highest BCUT2D eigenvalue weighted by Crippen LogP contribution is 2.47. The molecule has 0 radical (unpaired) electrons. The van der Waals surface area contributed by atoms with Crippen molar-refractivity contribution in [3.05, 3.63) is 70.2 Å². The van der Waals surface area contributed by atoms with Crippen LogP contribution in [0.4, 0.5) is 0 Å². The van der Waals surface area contributed by atoms with Crippen molar-refractivity contribution in [2.75, 3.05) is 19.7 Å². The minimum Gasteiger partial charge on any atom is -0.466 e. The van der Waals surface area contributed by atoms with Crippen LogP contribution < -0.4 is 11.1 Å². The Bertz CT molecular complexity index is 1250. The highest BCUT2D eigenvalue weighted by Gasteiger charge is 2.49. The summed E-state index contributed by atoms with van der Waals surface area (Å²) in [5.74, 6) is -0.539. The smallest absolute Gasteiger partial charge is 0.312 e. The van der Waals surface area contributed by atoms with Crippen molar-refractivity contribution in [3.8, 4) is 0 Å². The fourth-order valence-corrected chi connectivity index (χ4v) is 7.61. The number of likely N-dealkylation sites (tertiary alicyclic amines) is 1. The molecule has 5 rings (SSSR count). The van der Waals surface area contributed by atoms with Crippen LogP contribution in [0.1, 0.15) is 81.0 Å². The molecule has 2 aromatic rings. The molecule has 1 saturated carbocycles. The van der Waals surface area contributed by atoms with Gasteiger partial charge in [0.2, 0.25) is 11.8 Å². The zero-order chi connectivity index (χ0) is 29.7. The third kappa shape index (κ3) is 6.52. The number of piperidine rings is 1. The van der Waals surface area contributed by atoms with Gasteiger partial charge in [-0.1, -0.05) is 67.3 Å². The van der Waals surface area contributed by atoms with Gasteiger partial charge in [-0.15, -0.1) is 0 Å². The Hall–Kier alpha value is -2.90. The van der Waals surface area contributed by atoms with Gasteiger partial charge in [-0.3, -0.25) is 14.4 Å². The van der Waals surface area contributed by atoms with Gasteiger partial charge in [-0.2, -0.15) is 0 Å². The van der Waals surface area contributed by atoms with E-state index in [0.29, 0.717) is 56.3 Å². The first-order chi connectivity index (χ1) is 20.3. The second-order valence-corrected chi connectivity index (χ2v) is 12.7. The number of hydrogen-bond donors (Lipinski definition) is 2. The van der Waals surface area contributed by atoms with E-state index in [9.17, 15) is 14.4 Å². The fourth-order valence-electron chi connectivity index (χ4n) is 7.48. The number of rotatable bonds is 8. The first-order valence-corrected chi connectivity index (χ1v) is 16.0. The summed E-state index contributed by atoms with van der Waals surface area (Å²) in [5.41, 5.74) is 9.15. The Morgan fingerprint density at radius 1 is 1.02 bits per heavy atom. The summed E-state index contributed by atoms with van der Waals surface area (Å²) in [5, 5.41) is 3.72. The topological polar surface area (TPSA) is 102 Å². The third-order valence-electron chi connectivity index (χ3n) is 9.91. The van der Waals surface area contributed by atoms with Crippen LogP contribution >= 0.6 is 11.6 Å². The summed E-state index contributed by atoms with van der Waals surface area (Å²) in [6.45, 7) is 3.15. The summed E-state index contributed by atoms with van der Waals surface area (Å²) >= 11 is 6.12. The molecule has 226 valence electrons. The lowest BCUT2D eigenvalue weighted by Crippen LogP contribution is -2.56. The van der Waals surface area contributed by atoms with Crippen molar-refractivity contribution in [1.29, 1.82) is 0 Å². The molecule has 0 spiro atoms. The number of halogens is 1. The van der Waals surface area contributed by atoms with Gasteiger partial charge in [0.25, 0.3) is 0 Å². The number of carbonyl (C=O) groups is 3. The second kappa shape index (κ2) is 13.6. The molecule has 2 aromatic carbocycles. The molecule has 7 nitrogen and oxygen atoms in total. The monoisotopic (exact) mass is 593 g/mol. The van der Waals surface area contributed by atoms with Crippen LogP contribution in [0.15, 0.2) is 48.5 Å². The van der Waals surface area contributed by atoms with Crippen LogP contribution in [0.3, 0.4) is 0 Å². The van der Waals surface area contributed by atoms with Crippen LogP contribution in [0, 0.1) is 17.3 Å². The Balaban J connectivity index is 1.32. The number of nitrogens with zero attached hydrogens (tertiary/aromatic N) is 1. The molecule has 3 N–H and O–H groups in total. The minimum atomic E-state index is -0.743. The number of ether oxygens (including phenoxy) is 1. The first kappa shape index (κ1) is 30.6. The van der Waals surface area contributed by atoms with Crippen molar-refractivity contribution in [2.45, 2.75) is 83.2 Å².